The summed E-state index contributed by atoms with van der Waals surface area (Å²) in [6.45, 7) is 4.91. The molecular weight excluding hydrogens is 233 g/mol. The summed E-state index contributed by atoms with van der Waals surface area (Å²) in [4.78, 5) is 0. The molecule has 1 aliphatic rings. The van der Waals surface area contributed by atoms with Crippen LogP contribution in [0.4, 0.5) is 4.39 Å². The Morgan fingerprint density at radius 1 is 1.50 bits per heavy atom. The van der Waals surface area contributed by atoms with Gasteiger partial charge in [-0.15, -0.1) is 0 Å². The van der Waals surface area contributed by atoms with Crippen LogP contribution in [0.25, 0.3) is 0 Å². The van der Waals surface area contributed by atoms with Gasteiger partial charge in [-0.25, -0.2) is 4.39 Å². The molecule has 0 saturated heterocycles. The monoisotopic (exact) mass is 253 g/mol. The maximum Gasteiger partial charge on any atom is 0.123 e. The second-order valence-corrected chi connectivity index (χ2v) is 5.14. The molecule has 0 fully saturated rings. The van der Waals surface area contributed by atoms with Crippen LogP contribution in [0, 0.1) is 11.7 Å². The van der Waals surface area contributed by atoms with Crippen LogP contribution in [0.1, 0.15) is 19.4 Å². The summed E-state index contributed by atoms with van der Waals surface area (Å²) in [6, 6.07) is 4.70. The number of benzene rings is 1. The van der Waals surface area contributed by atoms with Gasteiger partial charge >= 0.3 is 0 Å². The first kappa shape index (κ1) is 13.3. The average molecular weight is 253 g/mol. The molecule has 0 saturated carbocycles. The van der Waals surface area contributed by atoms with E-state index in [0.29, 0.717) is 12.5 Å². The van der Waals surface area contributed by atoms with E-state index in [-0.39, 0.29) is 24.6 Å². The first-order valence-corrected chi connectivity index (χ1v) is 6.39. The number of hydrogen-bond donors (Lipinski definition) is 2. The van der Waals surface area contributed by atoms with Crippen molar-refractivity contribution < 1.29 is 14.2 Å². The lowest BCUT2D eigenvalue weighted by Crippen LogP contribution is -2.42. The Morgan fingerprint density at radius 2 is 2.28 bits per heavy atom. The van der Waals surface area contributed by atoms with Gasteiger partial charge < -0.3 is 15.2 Å². The minimum atomic E-state index is -0.221. The molecule has 1 heterocycles. The predicted molar refractivity (Wildman–Crippen MR) is 68.2 cm³/mol. The van der Waals surface area contributed by atoms with Crippen molar-refractivity contribution in [3.8, 4) is 5.75 Å². The Bertz CT molecular complexity index is 409. The van der Waals surface area contributed by atoms with E-state index in [2.05, 4.69) is 19.2 Å². The number of rotatable bonds is 5. The minimum Gasteiger partial charge on any atom is -0.488 e. The summed E-state index contributed by atoms with van der Waals surface area (Å²) in [5, 5.41) is 12.5. The molecule has 1 aromatic carbocycles. The molecule has 0 spiro atoms. The van der Waals surface area contributed by atoms with Crippen LogP contribution >= 0.6 is 0 Å². The second-order valence-electron chi connectivity index (χ2n) is 5.14. The quantitative estimate of drug-likeness (QED) is 0.840. The van der Waals surface area contributed by atoms with E-state index in [1.54, 1.807) is 6.07 Å². The van der Waals surface area contributed by atoms with E-state index in [1.807, 2.05) is 0 Å². The molecule has 1 aliphatic heterocycles. The molecule has 1 aromatic rings. The molecule has 0 amide bonds. The van der Waals surface area contributed by atoms with Gasteiger partial charge in [0.2, 0.25) is 0 Å². The highest BCUT2D eigenvalue weighted by atomic mass is 19.1. The molecule has 2 atom stereocenters. The second kappa shape index (κ2) is 5.67. The van der Waals surface area contributed by atoms with E-state index in [1.165, 1.54) is 12.1 Å². The van der Waals surface area contributed by atoms with E-state index >= 15 is 0 Å². The summed E-state index contributed by atoms with van der Waals surface area (Å²) in [6.07, 6.45) is 0.741. The maximum atomic E-state index is 13.1. The zero-order valence-corrected chi connectivity index (χ0v) is 10.8. The normalized spacial score (nSPS) is 19.7. The highest BCUT2D eigenvalue weighted by molar-refractivity contribution is 5.37. The van der Waals surface area contributed by atoms with Crippen molar-refractivity contribution in [1.82, 2.24) is 5.32 Å². The van der Waals surface area contributed by atoms with Crippen molar-refractivity contribution in [2.24, 2.45) is 5.92 Å². The maximum absolute atomic E-state index is 13.1. The number of hydrogen-bond acceptors (Lipinski definition) is 3. The van der Waals surface area contributed by atoms with Gasteiger partial charge in [-0.1, -0.05) is 13.8 Å². The molecule has 4 heteroatoms. The summed E-state index contributed by atoms with van der Waals surface area (Å²) in [5.74, 6) is 0.922. The standard InChI is InChI=1S/C14H20FNO2/c1-9(2)13(8-17)16-7-12-6-10-5-11(15)3-4-14(10)18-12/h3-5,9,12-13,16-17H,6-8H2,1-2H3/t12?,13-/m1/s1. The van der Waals surface area contributed by atoms with Crippen LogP contribution in [-0.4, -0.2) is 30.4 Å². The average Bonchev–Trinajstić information content (AvgIpc) is 2.71. The van der Waals surface area contributed by atoms with Crippen molar-refractivity contribution in [2.45, 2.75) is 32.4 Å². The lowest BCUT2D eigenvalue weighted by Gasteiger charge is -2.22. The number of aliphatic hydroxyl groups excluding tert-OH is 1. The summed E-state index contributed by atoms with van der Waals surface area (Å²) >= 11 is 0. The topological polar surface area (TPSA) is 41.5 Å². The van der Waals surface area contributed by atoms with E-state index in [4.69, 9.17) is 4.74 Å². The van der Waals surface area contributed by atoms with Crippen molar-refractivity contribution in [3.63, 3.8) is 0 Å². The van der Waals surface area contributed by atoms with Gasteiger partial charge in [0, 0.05) is 24.6 Å². The van der Waals surface area contributed by atoms with Crippen LogP contribution < -0.4 is 10.1 Å². The fourth-order valence-electron chi connectivity index (χ4n) is 2.20. The molecule has 100 valence electrons. The first-order chi connectivity index (χ1) is 8.60. The van der Waals surface area contributed by atoms with Crippen LogP contribution in [-0.2, 0) is 6.42 Å². The van der Waals surface area contributed by atoms with Crippen molar-refractivity contribution in [3.05, 3.63) is 29.6 Å². The molecule has 1 unspecified atom stereocenters. The Kier molecular flexibility index (Phi) is 4.19. The van der Waals surface area contributed by atoms with Gasteiger partial charge in [0.1, 0.15) is 17.7 Å². The smallest absolute Gasteiger partial charge is 0.123 e. The number of fused-ring (bicyclic) bond motifs is 1. The highest BCUT2D eigenvalue weighted by Crippen LogP contribution is 2.28. The van der Waals surface area contributed by atoms with Gasteiger partial charge in [-0.3, -0.25) is 0 Å². The van der Waals surface area contributed by atoms with E-state index in [0.717, 1.165) is 17.7 Å². The van der Waals surface area contributed by atoms with Crippen LogP contribution in [0.2, 0.25) is 0 Å². The molecule has 2 rings (SSSR count). The summed E-state index contributed by atoms with van der Waals surface area (Å²) in [5.41, 5.74) is 0.923. The molecule has 0 radical (unpaired) electrons. The SMILES string of the molecule is CC(C)[C@@H](CO)NCC1Cc2cc(F)ccc2O1. The number of halogens is 1. The fourth-order valence-corrected chi connectivity index (χ4v) is 2.20. The predicted octanol–water partition coefficient (Wildman–Crippen LogP) is 1.74. The van der Waals surface area contributed by atoms with Crippen molar-refractivity contribution >= 4 is 0 Å². The van der Waals surface area contributed by atoms with Crippen LogP contribution in [0.5, 0.6) is 5.75 Å². The zero-order chi connectivity index (χ0) is 13.1. The lowest BCUT2D eigenvalue weighted by atomic mass is 10.0. The summed E-state index contributed by atoms with van der Waals surface area (Å²) < 4.78 is 18.8. The highest BCUT2D eigenvalue weighted by Gasteiger charge is 2.24. The van der Waals surface area contributed by atoms with Gasteiger partial charge in [0.25, 0.3) is 0 Å². The van der Waals surface area contributed by atoms with E-state index < -0.39 is 0 Å². The van der Waals surface area contributed by atoms with Gasteiger partial charge in [0.15, 0.2) is 0 Å². The minimum absolute atomic E-state index is 0.0228. The number of aliphatic hydroxyl groups is 1. The van der Waals surface area contributed by atoms with E-state index in [9.17, 15) is 9.50 Å². The third-order valence-electron chi connectivity index (χ3n) is 3.37. The molecule has 18 heavy (non-hydrogen) atoms. The molecule has 0 bridgehead atoms. The molecular formula is C14H20FNO2. The zero-order valence-electron chi connectivity index (χ0n) is 10.8. The van der Waals surface area contributed by atoms with Gasteiger partial charge in [-0.2, -0.15) is 0 Å². The Balaban J connectivity index is 1.88. The largest absolute Gasteiger partial charge is 0.488 e. The number of ether oxygens (including phenoxy) is 1. The van der Waals surface area contributed by atoms with Crippen molar-refractivity contribution in [1.29, 1.82) is 0 Å². The Labute approximate surface area is 107 Å². The van der Waals surface area contributed by atoms with Gasteiger partial charge in [0.05, 0.1) is 6.61 Å². The first-order valence-electron chi connectivity index (χ1n) is 6.39. The number of nitrogens with one attached hydrogen (secondary N) is 1. The van der Waals surface area contributed by atoms with Crippen molar-refractivity contribution in [2.75, 3.05) is 13.2 Å². The molecule has 2 N–H and O–H groups in total. The molecule has 0 aliphatic carbocycles. The fraction of sp³-hybridized carbons (Fsp3) is 0.571. The van der Waals surface area contributed by atoms with Gasteiger partial charge in [-0.05, 0) is 24.1 Å². The lowest BCUT2D eigenvalue weighted by molar-refractivity contribution is 0.178. The Hall–Kier alpha value is -1.13. The Morgan fingerprint density at radius 3 is 2.94 bits per heavy atom. The molecule has 3 nitrogen and oxygen atoms in total. The summed E-state index contributed by atoms with van der Waals surface area (Å²) in [7, 11) is 0. The molecule has 0 aromatic heterocycles. The third-order valence-corrected chi connectivity index (χ3v) is 3.37. The van der Waals surface area contributed by atoms with Crippen LogP contribution in [0.3, 0.4) is 0 Å². The van der Waals surface area contributed by atoms with Crippen LogP contribution in [0.15, 0.2) is 18.2 Å². The third kappa shape index (κ3) is 3.00.